The molecule has 0 unspecified atom stereocenters. The first kappa shape index (κ1) is 12.7. The van der Waals surface area contributed by atoms with Crippen LogP contribution in [0.3, 0.4) is 0 Å². The molecule has 6 heteroatoms. The fraction of sp³-hybridized carbons (Fsp3) is 0.750. The van der Waals surface area contributed by atoms with Crippen molar-refractivity contribution in [2.75, 3.05) is 26.2 Å². The molecule has 82 valence electrons. The summed E-state index contributed by atoms with van der Waals surface area (Å²) < 4.78 is 0. The van der Waals surface area contributed by atoms with Gasteiger partial charge in [-0.25, -0.2) is 14.5 Å². The molecule has 0 aromatic rings. The van der Waals surface area contributed by atoms with E-state index in [1.54, 1.807) is 0 Å². The van der Waals surface area contributed by atoms with Crippen LogP contribution in [0.15, 0.2) is 0 Å². The van der Waals surface area contributed by atoms with Crippen molar-refractivity contribution in [3.63, 3.8) is 0 Å². The van der Waals surface area contributed by atoms with Gasteiger partial charge in [0.05, 0.1) is 0 Å². The van der Waals surface area contributed by atoms with Gasteiger partial charge < -0.3 is 15.1 Å². The van der Waals surface area contributed by atoms with Crippen LogP contribution in [0.5, 0.6) is 0 Å². The maximum atomic E-state index is 10.5. The lowest BCUT2D eigenvalue weighted by atomic mass is 10.4. The van der Waals surface area contributed by atoms with Crippen molar-refractivity contribution < 1.29 is 19.8 Å². The van der Waals surface area contributed by atoms with Gasteiger partial charge >= 0.3 is 12.2 Å². The van der Waals surface area contributed by atoms with Crippen LogP contribution in [0, 0.1) is 0 Å². The van der Waals surface area contributed by atoms with Crippen molar-refractivity contribution in [3.05, 3.63) is 0 Å². The standard InChI is InChI=1S/C8H16N2O4/c1-3-9(4-2)5-6-10(7(11)12)8(13)14/h3-6H2,1-2H3,(H,11,12)(H,13,14). The Morgan fingerprint density at radius 2 is 1.43 bits per heavy atom. The van der Waals surface area contributed by atoms with Gasteiger partial charge in [-0.05, 0) is 13.1 Å². The van der Waals surface area contributed by atoms with E-state index >= 15 is 0 Å². The van der Waals surface area contributed by atoms with E-state index in [-0.39, 0.29) is 6.54 Å². The smallest absolute Gasteiger partial charge is 0.416 e. The molecule has 0 radical (unpaired) electrons. The topological polar surface area (TPSA) is 81.1 Å². The summed E-state index contributed by atoms with van der Waals surface area (Å²) in [4.78, 5) is 23.3. The predicted octanol–water partition coefficient (Wildman–Crippen LogP) is 0.986. The van der Waals surface area contributed by atoms with E-state index in [0.29, 0.717) is 11.4 Å². The molecular weight excluding hydrogens is 188 g/mol. The molecule has 0 aliphatic heterocycles. The van der Waals surface area contributed by atoms with Crippen molar-refractivity contribution in [2.24, 2.45) is 0 Å². The Morgan fingerprint density at radius 1 is 1.00 bits per heavy atom. The Kier molecular flexibility index (Phi) is 5.62. The van der Waals surface area contributed by atoms with Gasteiger partial charge in [-0.2, -0.15) is 0 Å². The molecule has 2 N–H and O–H groups in total. The predicted molar refractivity (Wildman–Crippen MR) is 50.5 cm³/mol. The van der Waals surface area contributed by atoms with Crippen molar-refractivity contribution in [1.29, 1.82) is 0 Å². The fourth-order valence-corrected chi connectivity index (χ4v) is 1.05. The summed E-state index contributed by atoms with van der Waals surface area (Å²) >= 11 is 0. The third kappa shape index (κ3) is 4.08. The summed E-state index contributed by atoms with van der Waals surface area (Å²) in [5.41, 5.74) is 0. The normalized spacial score (nSPS) is 10.2. The number of carboxylic acid groups (broad SMARTS) is 2. The van der Waals surface area contributed by atoms with Gasteiger partial charge in [-0.15, -0.1) is 0 Å². The molecule has 0 aromatic heterocycles. The Labute approximate surface area is 82.7 Å². The summed E-state index contributed by atoms with van der Waals surface area (Å²) in [6, 6.07) is 0. The van der Waals surface area contributed by atoms with Gasteiger partial charge in [-0.1, -0.05) is 13.8 Å². The minimum atomic E-state index is -1.43. The van der Waals surface area contributed by atoms with E-state index in [1.807, 2.05) is 18.7 Å². The monoisotopic (exact) mass is 204 g/mol. The molecule has 0 saturated heterocycles. The first-order chi connectivity index (χ1) is 6.52. The summed E-state index contributed by atoms with van der Waals surface area (Å²) in [7, 11) is 0. The Morgan fingerprint density at radius 3 is 1.71 bits per heavy atom. The quantitative estimate of drug-likeness (QED) is 0.697. The number of likely N-dealkylation sites (N-methyl/N-ethyl adjacent to an activating group) is 1. The second kappa shape index (κ2) is 6.20. The number of hydrogen-bond donors (Lipinski definition) is 2. The summed E-state index contributed by atoms with van der Waals surface area (Å²) in [5, 5.41) is 17.1. The van der Waals surface area contributed by atoms with Gasteiger partial charge in [0, 0.05) is 13.1 Å². The molecule has 0 aliphatic carbocycles. The van der Waals surface area contributed by atoms with Crippen molar-refractivity contribution in [1.82, 2.24) is 9.80 Å². The van der Waals surface area contributed by atoms with Crippen LogP contribution < -0.4 is 0 Å². The average Bonchev–Trinajstić information content (AvgIpc) is 2.11. The zero-order chi connectivity index (χ0) is 11.1. The highest BCUT2D eigenvalue weighted by Crippen LogP contribution is 1.93. The SMILES string of the molecule is CCN(CC)CCN(C(=O)O)C(=O)O. The van der Waals surface area contributed by atoms with Gasteiger partial charge in [-0.3, -0.25) is 0 Å². The van der Waals surface area contributed by atoms with Crippen LogP contribution in [-0.2, 0) is 0 Å². The molecule has 0 aromatic carbocycles. The molecule has 2 amide bonds. The lowest BCUT2D eigenvalue weighted by Gasteiger charge is -2.20. The van der Waals surface area contributed by atoms with Crippen LogP contribution >= 0.6 is 0 Å². The van der Waals surface area contributed by atoms with Crippen molar-refractivity contribution in [2.45, 2.75) is 13.8 Å². The molecular formula is C8H16N2O4. The lowest BCUT2D eigenvalue weighted by molar-refractivity contribution is 0.117. The highest BCUT2D eigenvalue weighted by molar-refractivity contribution is 5.85. The minimum absolute atomic E-state index is 0.00759. The van der Waals surface area contributed by atoms with Crippen molar-refractivity contribution in [3.8, 4) is 0 Å². The van der Waals surface area contributed by atoms with Crippen LogP contribution in [0.25, 0.3) is 0 Å². The van der Waals surface area contributed by atoms with Gasteiger partial charge in [0.15, 0.2) is 0 Å². The molecule has 0 atom stereocenters. The van der Waals surface area contributed by atoms with E-state index in [2.05, 4.69) is 0 Å². The Balaban J connectivity index is 4.06. The van der Waals surface area contributed by atoms with E-state index in [1.165, 1.54) is 0 Å². The van der Waals surface area contributed by atoms with Gasteiger partial charge in [0.1, 0.15) is 0 Å². The number of rotatable bonds is 5. The van der Waals surface area contributed by atoms with Gasteiger partial charge in [0.25, 0.3) is 0 Å². The zero-order valence-corrected chi connectivity index (χ0v) is 8.43. The number of imide groups is 1. The second-order valence-electron chi connectivity index (χ2n) is 2.74. The van der Waals surface area contributed by atoms with E-state index < -0.39 is 12.2 Å². The summed E-state index contributed by atoms with van der Waals surface area (Å²) in [5.74, 6) is 0. The van der Waals surface area contributed by atoms with Gasteiger partial charge in [0.2, 0.25) is 0 Å². The highest BCUT2D eigenvalue weighted by atomic mass is 16.4. The van der Waals surface area contributed by atoms with Crippen molar-refractivity contribution >= 4 is 12.2 Å². The molecule has 0 bridgehead atoms. The summed E-state index contributed by atoms with van der Waals surface area (Å²) in [6.07, 6.45) is -2.85. The average molecular weight is 204 g/mol. The van der Waals surface area contributed by atoms with E-state index in [4.69, 9.17) is 10.2 Å². The molecule has 6 nitrogen and oxygen atoms in total. The maximum Gasteiger partial charge on any atom is 0.416 e. The third-order valence-electron chi connectivity index (χ3n) is 2.00. The van der Waals surface area contributed by atoms with E-state index in [9.17, 15) is 9.59 Å². The lowest BCUT2D eigenvalue weighted by Crippen LogP contribution is -2.40. The molecule has 14 heavy (non-hydrogen) atoms. The molecule has 0 spiro atoms. The van der Waals surface area contributed by atoms with E-state index in [0.717, 1.165) is 13.1 Å². The number of nitrogens with zero attached hydrogens (tertiary/aromatic N) is 2. The minimum Gasteiger partial charge on any atom is -0.465 e. The largest absolute Gasteiger partial charge is 0.465 e. The van der Waals surface area contributed by atoms with Crippen LogP contribution in [0.4, 0.5) is 9.59 Å². The molecule has 0 saturated carbocycles. The molecule has 0 fully saturated rings. The Hall–Kier alpha value is -1.30. The molecule has 0 heterocycles. The summed E-state index contributed by atoms with van der Waals surface area (Å²) in [6.45, 7) is 5.87. The number of amides is 2. The van der Waals surface area contributed by atoms with Crippen LogP contribution in [0.1, 0.15) is 13.8 Å². The van der Waals surface area contributed by atoms with Crippen LogP contribution in [0.2, 0.25) is 0 Å². The molecule has 0 rings (SSSR count). The second-order valence-corrected chi connectivity index (χ2v) is 2.74. The maximum absolute atomic E-state index is 10.5. The molecule has 0 aliphatic rings. The number of carbonyl (C=O) groups is 2. The first-order valence-corrected chi connectivity index (χ1v) is 4.48. The number of hydrogen-bond acceptors (Lipinski definition) is 3. The first-order valence-electron chi connectivity index (χ1n) is 4.48. The highest BCUT2D eigenvalue weighted by Gasteiger charge is 2.19. The van der Waals surface area contributed by atoms with Crippen LogP contribution in [-0.4, -0.2) is 58.4 Å². The third-order valence-corrected chi connectivity index (χ3v) is 2.00. The Bertz CT molecular complexity index is 190. The fourth-order valence-electron chi connectivity index (χ4n) is 1.05. The zero-order valence-electron chi connectivity index (χ0n) is 8.43.